The molecule has 1 saturated heterocycles. The van der Waals surface area contributed by atoms with E-state index < -0.39 is 10.2 Å². The van der Waals surface area contributed by atoms with E-state index in [0.29, 0.717) is 12.6 Å². The second-order valence-electron chi connectivity index (χ2n) is 3.76. The molecule has 0 amide bonds. The number of nitrogens with zero attached hydrogens (tertiary/aromatic N) is 1. The first-order valence-corrected chi connectivity index (χ1v) is 6.37. The van der Waals surface area contributed by atoms with Crippen molar-refractivity contribution in [2.24, 2.45) is 0 Å². The zero-order valence-corrected chi connectivity index (χ0v) is 9.60. The van der Waals surface area contributed by atoms with E-state index in [1.54, 1.807) is 0 Å². The molecule has 0 unspecified atom stereocenters. The first kappa shape index (κ1) is 11.9. The summed E-state index contributed by atoms with van der Waals surface area (Å²) in [5, 5.41) is 3.32. The zero-order valence-electron chi connectivity index (χ0n) is 8.78. The molecule has 1 heterocycles. The predicted octanol–water partition coefficient (Wildman–Crippen LogP) is -0.475. The Morgan fingerprint density at radius 1 is 1.50 bits per heavy atom. The average molecular weight is 221 g/mol. The molecule has 0 spiro atoms. The molecule has 0 radical (unpaired) electrons. The Balaban J connectivity index is 2.20. The van der Waals surface area contributed by atoms with Crippen LogP contribution in [0.3, 0.4) is 0 Å². The highest BCUT2D eigenvalue weighted by Gasteiger charge is 2.16. The van der Waals surface area contributed by atoms with Crippen LogP contribution in [0.5, 0.6) is 0 Å². The minimum atomic E-state index is -3.23. The lowest BCUT2D eigenvalue weighted by molar-refractivity contribution is 0.493. The molecule has 84 valence electrons. The van der Waals surface area contributed by atoms with Gasteiger partial charge < -0.3 is 5.32 Å². The van der Waals surface area contributed by atoms with Gasteiger partial charge in [0.2, 0.25) is 0 Å². The molecule has 14 heavy (non-hydrogen) atoms. The van der Waals surface area contributed by atoms with Crippen molar-refractivity contribution in [3.8, 4) is 0 Å². The maximum atomic E-state index is 11.3. The van der Waals surface area contributed by atoms with Crippen LogP contribution in [0.4, 0.5) is 0 Å². The zero-order chi connectivity index (χ0) is 10.6. The van der Waals surface area contributed by atoms with Gasteiger partial charge in [-0.05, 0) is 25.8 Å². The van der Waals surface area contributed by atoms with Crippen LogP contribution in [0.15, 0.2) is 0 Å². The van der Waals surface area contributed by atoms with Crippen molar-refractivity contribution in [2.75, 3.05) is 27.2 Å². The Kier molecular flexibility index (Phi) is 4.31. The summed E-state index contributed by atoms with van der Waals surface area (Å²) in [6.45, 7) is 1.57. The Bertz CT molecular complexity index is 258. The normalized spacial score (nSPS) is 23.2. The fraction of sp³-hybridized carbons (Fsp3) is 1.00. The van der Waals surface area contributed by atoms with Crippen LogP contribution < -0.4 is 10.0 Å². The van der Waals surface area contributed by atoms with Crippen LogP contribution in [0.2, 0.25) is 0 Å². The lowest BCUT2D eigenvalue weighted by Crippen LogP contribution is -2.38. The van der Waals surface area contributed by atoms with Gasteiger partial charge in [-0.15, -0.1) is 0 Å². The van der Waals surface area contributed by atoms with Gasteiger partial charge in [0.1, 0.15) is 0 Å². The van der Waals surface area contributed by atoms with Crippen molar-refractivity contribution in [1.29, 1.82) is 0 Å². The Hall–Kier alpha value is -0.170. The molecule has 5 nitrogen and oxygen atoms in total. The second-order valence-corrected chi connectivity index (χ2v) is 5.73. The molecule has 1 aliphatic heterocycles. The largest absolute Gasteiger partial charge is 0.314 e. The van der Waals surface area contributed by atoms with E-state index >= 15 is 0 Å². The summed E-state index contributed by atoms with van der Waals surface area (Å²) in [7, 11) is -0.186. The van der Waals surface area contributed by atoms with Gasteiger partial charge in [-0.25, -0.2) is 4.72 Å². The molecular formula is C8H19N3O2S. The third kappa shape index (κ3) is 3.53. The van der Waals surface area contributed by atoms with E-state index in [4.69, 9.17) is 0 Å². The minimum absolute atomic E-state index is 0.486. The highest BCUT2D eigenvalue weighted by molar-refractivity contribution is 7.87. The maximum absolute atomic E-state index is 11.3. The van der Waals surface area contributed by atoms with Crippen LogP contribution in [0.25, 0.3) is 0 Å². The summed E-state index contributed by atoms with van der Waals surface area (Å²) in [6, 6.07) is 0.486. The van der Waals surface area contributed by atoms with E-state index in [1.165, 1.54) is 24.8 Å². The van der Waals surface area contributed by atoms with Crippen LogP contribution in [-0.2, 0) is 10.2 Å². The van der Waals surface area contributed by atoms with Crippen LogP contribution >= 0.6 is 0 Å². The molecule has 0 aliphatic carbocycles. The van der Waals surface area contributed by atoms with Crippen molar-refractivity contribution in [3.05, 3.63) is 0 Å². The molecule has 2 N–H and O–H groups in total. The van der Waals surface area contributed by atoms with Crippen molar-refractivity contribution in [3.63, 3.8) is 0 Å². The summed E-state index contributed by atoms with van der Waals surface area (Å²) in [5.74, 6) is 0. The lowest BCUT2D eigenvalue weighted by Gasteiger charge is -2.14. The molecule has 0 aromatic carbocycles. The van der Waals surface area contributed by atoms with Crippen LogP contribution in [-0.4, -0.2) is 45.9 Å². The molecule has 0 saturated carbocycles. The van der Waals surface area contributed by atoms with Crippen LogP contribution in [0, 0.1) is 0 Å². The van der Waals surface area contributed by atoms with Gasteiger partial charge in [0.25, 0.3) is 10.2 Å². The Morgan fingerprint density at radius 3 is 2.71 bits per heavy atom. The lowest BCUT2D eigenvalue weighted by atomic mass is 10.2. The van der Waals surface area contributed by atoms with E-state index in [9.17, 15) is 8.42 Å². The predicted molar refractivity (Wildman–Crippen MR) is 56.3 cm³/mol. The summed E-state index contributed by atoms with van der Waals surface area (Å²) in [5.41, 5.74) is 0. The van der Waals surface area contributed by atoms with Crippen LogP contribution in [0.1, 0.15) is 19.3 Å². The highest BCUT2D eigenvalue weighted by Crippen LogP contribution is 2.07. The molecule has 1 fully saturated rings. The van der Waals surface area contributed by atoms with Crippen molar-refractivity contribution in [1.82, 2.24) is 14.3 Å². The Morgan fingerprint density at radius 2 is 2.21 bits per heavy atom. The summed E-state index contributed by atoms with van der Waals surface area (Å²) in [4.78, 5) is 0. The molecule has 6 heteroatoms. The molecule has 0 aromatic heterocycles. The fourth-order valence-corrected chi connectivity index (χ4v) is 2.13. The van der Waals surface area contributed by atoms with Crippen molar-refractivity contribution in [2.45, 2.75) is 25.3 Å². The molecular weight excluding hydrogens is 202 g/mol. The third-order valence-corrected chi connectivity index (χ3v) is 3.95. The van der Waals surface area contributed by atoms with Gasteiger partial charge in [0.05, 0.1) is 0 Å². The van der Waals surface area contributed by atoms with E-state index in [2.05, 4.69) is 10.0 Å². The SMILES string of the molecule is CN(C)S(=O)(=O)NCC[C@H]1CCCN1. The van der Waals surface area contributed by atoms with E-state index in [0.717, 1.165) is 19.4 Å². The summed E-state index contributed by atoms with van der Waals surface area (Å²) >= 11 is 0. The van der Waals surface area contributed by atoms with Gasteiger partial charge in [0, 0.05) is 26.7 Å². The second kappa shape index (κ2) is 5.06. The molecule has 1 aliphatic rings. The van der Waals surface area contributed by atoms with Gasteiger partial charge in [0.15, 0.2) is 0 Å². The number of nitrogens with one attached hydrogen (secondary N) is 2. The molecule has 1 atom stereocenters. The summed E-state index contributed by atoms with van der Waals surface area (Å²) in [6.07, 6.45) is 3.22. The molecule has 0 aromatic rings. The monoisotopic (exact) mass is 221 g/mol. The summed E-state index contributed by atoms with van der Waals surface area (Å²) < 4.78 is 26.3. The van der Waals surface area contributed by atoms with Gasteiger partial charge in [-0.1, -0.05) is 0 Å². The van der Waals surface area contributed by atoms with E-state index in [1.807, 2.05) is 0 Å². The molecule has 1 rings (SSSR count). The smallest absolute Gasteiger partial charge is 0.278 e. The fourth-order valence-electron chi connectivity index (χ4n) is 1.49. The first-order chi connectivity index (χ1) is 6.52. The average Bonchev–Trinajstić information content (AvgIpc) is 2.56. The van der Waals surface area contributed by atoms with E-state index in [-0.39, 0.29) is 0 Å². The number of hydrogen-bond donors (Lipinski definition) is 2. The van der Waals surface area contributed by atoms with Gasteiger partial charge in [-0.2, -0.15) is 12.7 Å². The number of rotatable bonds is 5. The molecule has 0 bridgehead atoms. The maximum Gasteiger partial charge on any atom is 0.278 e. The first-order valence-electron chi connectivity index (χ1n) is 4.93. The van der Waals surface area contributed by atoms with Crippen molar-refractivity contribution < 1.29 is 8.42 Å². The number of hydrogen-bond acceptors (Lipinski definition) is 3. The highest BCUT2D eigenvalue weighted by atomic mass is 32.2. The van der Waals surface area contributed by atoms with Crippen molar-refractivity contribution >= 4 is 10.2 Å². The Labute approximate surface area is 86.0 Å². The third-order valence-electron chi connectivity index (χ3n) is 2.42. The quantitative estimate of drug-likeness (QED) is 0.659. The van der Waals surface area contributed by atoms with Gasteiger partial charge in [-0.3, -0.25) is 0 Å². The topological polar surface area (TPSA) is 61.4 Å². The minimum Gasteiger partial charge on any atom is -0.314 e. The standard InChI is InChI=1S/C8H19N3O2S/c1-11(2)14(12,13)10-7-5-8-4-3-6-9-8/h8-10H,3-7H2,1-2H3/t8-/m1/s1. The van der Waals surface area contributed by atoms with Gasteiger partial charge >= 0.3 is 0 Å².